The van der Waals surface area contributed by atoms with Crippen LogP contribution in [0.1, 0.15) is 76.8 Å². The minimum Gasteiger partial charge on any atom is -0.322 e. The third kappa shape index (κ3) is 7.92. The number of aromatic nitrogens is 3. The zero-order valence-electron chi connectivity index (χ0n) is 24.9. The molecule has 0 spiro atoms. The van der Waals surface area contributed by atoms with Crippen LogP contribution in [0.15, 0.2) is 73.1 Å². The van der Waals surface area contributed by atoms with Gasteiger partial charge in [-0.15, -0.1) is 0 Å². The topological polar surface area (TPSA) is 88.1 Å². The second kappa shape index (κ2) is 13.0. The molecule has 0 aliphatic carbocycles. The van der Waals surface area contributed by atoms with E-state index < -0.39 is 0 Å². The highest BCUT2D eigenvalue weighted by molar-refractivity contribution is 6.05. The number of anilines is 1. The van der Waals surface area contributed by atoms with Gasteiger partial charge in [-0.3, -0.25) is 9.59 Å². The van der Waals surface area contributed by atoms with Crippen molar-refractivity contribution in [2.75, 3.05) is 26.0 Å². The lowest BCUT2D eigenvalue weighted by Gasteiger charge is -2.19. The van der Waals surface area contributed by atoms with Crippen molar-refractivity contribution >= 4 is 17.4 Å². The maximum Gasteiger partial charge on any atom is 0.255 e. The summed E-state index contributed by atoms with van der Waals surface area (Å²) in [6.45, 7) is 9.29. The summed E-state index contributed by atoms with van der Waals surface area (Å²) >= 11 is 0. The van der Waals surface area contributed by atoms with Crippen LogP contribution in [0.25, 0.3) is 11.4 Å². The Balaban J connectivity index is 1.45. The van der Waals surface area contributed by atoms with Crippen LogP contribution in [0.5, 0.6) is 0 Å². The monoisotopic (exact) mass is 549 g/mol. The van der Waals surface area contributed by atoms with E-state index in [1.807, 2.05) is 87.7 Å². The molecule has 0 unspecified atom stereocenters. The molecule has 41 heavy (non-hydrogen) atoms. The van der Waals surface area contributed by atoms with E-state index in [0.717, 1.165) is 35.2 Å². The van der Waals surface area contributed by atoms with E-state index in [1.165, 1.54) is 11.9 Å². The van der Waals surface area contributed by atoms with Gasteiger partial charge in [0.05, 0.1) is 0 Å². The van der Waals surface area contributed by atoms with Gasteiger partial charge in [-0.1, -0.05) is 69.3 Å². The third-order valence-corrected chi connectivity index (χ3v) is 7.11. The standard InChI is InChI=1S/C34H39N5O2/c1-23-28(9-7-10-29(23)37-33(41)26-16-18-27(19-17-26)34(2,3)4)32-36-22-35-31(38-32)21-24-12-14-25(15-13-24)30(40)11-8-20-39(5)6/h7,9-10,12-19,22H,8,11,20-21H2,1-6H3,(H,37,41). The highest BCUT2D eigenvalue weighted by Crippen LogP contribution is 2.27. The van der Waals surface area contributed by atoms with Crippen molar-refractivity contribution in [3.05, 3.63) is 107 Å². The normalized spacial score (nSPS) is 11.5. The minimum absolute atomic E-state index is 0.0252. The molecule has 7 heteroatoms. The van der Waals surface area contributed by atoms with E-state index in [0.29, 0.717) is 35.7 Å². The molecule has 0 saturated carbocycles. The fraction of sp³-hybridized carbons (Fsp3) is 0.324. The molecule has 4 aromatic rings. The summed E-state index contributed by atoms with van der Waals surface area (Å²) in [6.07, 6.45) is 3.42. The number of carbonyl (C=O) groups excluding carboxylic acids is 2. The first-order valence-electron chi connectivity index (χ1n) is 14.0. The number of Topliss-reactive ketones (excluding diaryl/α,β-unsaturated/α-hetero) is 1. The average Bonchev–Trinajstić information content (AvgIpc) is 2.94. The van der Waals surface area contributed by atoms with Crippen LogP contribution < -0.4 is 5.32 Å². The number of carbonyl (C=O) groups is 2. The lowest BCUT2D eigenvalue weighted by molar-refractivity contribution is 0.0976. The molecular formula is C34H39N5O2. The van der Waals surface area contributed by atoms with Crippen molar-refractivity contribution in [1.82, 2.24) is 19.9 Å². The fourth-order valence-electron chi connectivity index (χ4n) is 4.57. The summed E-state index contributed by atoms with van der Waals surface area (Å²) in [5.41, 5.74) is 5.96. The van der Waals surface area contributed by atoms with Crippen molar-refractivity contribution in [3.8, 4) is 11.4 Å². The van der Waals surface area contributed by atoms with Crippen LogP contribution in [-0.4, -0.2) is 52.2 Å². The van der Waals surface area contributed by atoms with Crippen molar-refractivity contribution < 1.29 is 9.59 Å². The van der Waals surface area contributed by atoms with Gasteiger partial charge >= 0.3 is 0 Å². The van der Waals surface area contributed by atoms with E-state index in [9.17, 15) is 9.59 Å². The maximum absolute atomic E-state index is 13.0. The highest BCUT2D eigenvalue weighted by Gasteiger charge is 2.16. The molecule has 0 aliphatic heterocycles. The molecule has 1 aromatic heterocycles. The largest absolute Gasteiger partial charge is 0.322 e. The summed E-state index contributed by atoms with van der Waals surface area (Å²) < 4.78 is 0. The first-order valence-corrected chi connectivity index (χ1v) is 14.0. The van der Waals surface area contributed by atoms with E-state index in [-0.39, 0.29) is 17.1 Å². The molecule has 1 heterocycles. The zero-order valence-corrected chi connectivity index (χ0v) is 24.9. The Labute approximate surface area is 243 Å². The molecule has 1 amide bonds. The predicted octanol–water partition coefficient (Wildman–Crippen LogP) is 6.51. The smallest absolute Gasteiger partial charge is 0.255 e. The lowest BCUT2D eigenvalue weighted by atomic mass is 9.86. The number of rotatable bonds is 10. The molecule has 0 aliphatic rings. The van der Waals surface area contributed by atoms with Gasteiger partial charge in [0.15, 0.2) is 11.6 Å². The van der Waals surface area contributed by atoms with Gasteiger partial charge in [0.2, 0.25) is 0 Å². The molecule has 212 valence electrons. The summed E-state index contributed by atoms with van der Waals surface area (Å²) in [7, 11) is 4.02. The van der Waals surface area contributed by atoms with Crippen molar-refractivity contribution in [3.63, 3.8) is 0 Å². The van der Waals surface area contributed by atoms with Gasteiger partial charge in [0.1, 0.15) is 12.2 Å². The molecule has 4 rings (SSSR count). The van der Waals surface area contributed by atoms with Crippen LogP contribution in [0, 0.1) is 6.92 Å². The predicted molar refractivity (Wildman–Crippen MR) is 164 cm³/mol. The summed E-state index contributed by atoms with van der Waals surface area (Å²) in [5.74, 6) is 1.17. The van der Waals surface area contributed by atoms with Gasteiger partial charge < -0.3 is 10.2 Å². The van der Waals surface area contributed by atoms with Gasteiger partial charge in [-0.05, 0) is 74.3 Å². The zero-order chi connectivity index (χ0) is 29.6. The Bertz CT molecular complexity index is 1500. The number of nitrogens with zero attached hydrogens (tertiary/aromatic N) is 4. The number of amides is 1. The minimum atomic E-state index is -0.165. The van der Waals surface area contributed by atoms with Crippen LogP contribution in [-0.2, 0) is 11.8 Å². The second-order valence-electron chi connectivity index (χ2n) is 11.7. The molecule has 7 nitrogen and oxygen atoms in total. The first-order chi connectivity index (χ1) is 19.5. The molecule has 0 fully saturated rings. The van der Waals surface area contributed by atoms with E-state index >= 15 is 0 Å². The quantitative estimate of drug-likeness (QED) is 0.227. The molecule has 3 aromatic carbocycles. The van der Waals surface area contributed by atoms with Gasteiger partial charge in [-0.25, -0.2) is 15.0 Å². The molecular weight excluding hydrogens is 510 g/mol. The Morgan fingerprint density at radius 3 is 2.22 bits per heavy atom. The lowest BCUT2D eigenvalue weighted by Crippen LogP contribution is -2.15. The molecule has 0 bridgehead atoms. The van der Waals surface area contributed by atoms with E-state index in [2.05, 4.69) is 41.0 Å². The third-order valence-electron chi connectivity index (χ3n) is 7.11. The highest BCUT2D eigenvalue weighted by atomic mass is 16.1. The van der Waals surface area contributed by atoms with E-state index in [4.69, 9.17) is 4.98 Å². The van der Waals surface area contributed by atoms with Crippen molar-refractivity contribution in [1.29, 1.82) is 0 Å². The van der Waals surface area contributed by atoms with Gasteiger partial charge in [0, 0.05) is 35.2 Å². The maximum atomic E-state index is 13.0. The number of hydrogen-bond acceptors (Lipinski definition) is 6. The summed E-state index contributed by atoms with van der Waals surface area (Å²) in [6, 6.07) is 21.1. The first kappa shape index (κ1) is 29.7. The Kier molecular flexibility index (Phi) is 9.40. The number of ketones is 1. The SMILES string of the molecule is Cc1c(NC(=O)c2ccc(C(C)(C)C)cc2)cccc1-c1ncnc(Cc2ccc(C(=O)CCCN(C)C)cc2)n1. The summed E-state index contributed by atoms with van der Waals surface area (Å²) in [5, 5.41) is 3.04. The Morgan fingerprint density at radius 2 is 1.56 bits per heavy atom. The van der Waals surface area contributed by atoms with Gasteiger partial charge in [-0.2, -0.15) is 0 Å². The van der Waals surface area contributed by atoms with Crippen molar-refractivity contribution in [2.24, 2.45) is 0 Å². The van der Waals surface area contributed by atoms with Crippen LogP contribution >= 0.6 is 0 Å². The van der Waals surface area contributed by atoms with Crippen LogP contribution in [0.2, 0.25) is 0 Å². The molecule has 0 radical (unpaired) electrons. The summed E-state index contributed by atoms with van der Waals surface area (Å²) in [4.78, 5) is 41.1. The average molecular weight is 550 g/mol. The van der Waals surface area contributed by atoms with Gasteiger partial charge in [0.25, 0.3) is 5.91 Å². The Morgan fingerprint density at radius 1 is 0.878 bits per heavy atom. The second-order valence-corrected chi connectivity index (χ2v) is 11.7. The van der Waals surface area contributed by atoms with Crippen LogP contribution in [0.4, 0.5) is 5.69 Å². The molecule has 1 N–H and O–H groups in total. The number of nitrogens with one attached hydrogen (secondary N) is 1. The Hall–Kier alpha value is -4.23. The number of hydrogen-bond donors (Lipinski definition) is 1. The fourth-order valence-corrected chi connectivity index (χ4v) is 4.57. The van der Waals surface area contributed by atoms with E-state index in [1.54, 1.807) is 0 Å². The van der Waals surface area contributed by atoms with Crippen LogP contribution in [0.3, 0.4) is 0 Å². The number of benzene rings is 3. The van der Waals surface area contributed by atoms with Crippen molar-refractivity contribution in [2.45, 2.75) is 52.4 Å². The molecule has 0 saturated heterocycles. The molecule has 0 atom stereocenters.